The van der Waals surface area contributed by atoms with E-state index in [9.17, 15) is 9.90 Å². The van der Waals surface area contributed by atoms with Gasteiger partial charge in [0.2, 0.25) is 5.95 Å². The molecule has 6 heteroatoms. The number of aliphatic hydroxyl groups is 1. The highest BCUT2D eigenvalue weighted by atomic mass is 16.3. The van der Waals surface area contributed by atoms with Gasteiger partial charge in [0.05, 0.1) is 17.0 Å². The third kappa shape index (κ3) is 2.71. The van der Waals surface area contributed by atoms with Crippen molar-refractivity contribution in [2.45, 2.75) is 25.9 Å². The standard InChI is InChI=1S/C15H20N4O2/c1-9(20)10-4-6-19(7-5-10)15-17-13-3-2-11(16)8-12(13)14(21)18-15/h2-3,8-10,20H,4-7,16H2,1H3,(H,17,18,21). The third-order valence-electron chi connectivity index (χ3n) is 4.24. The van der Waals surface area contributed by atoms with Crippen molar-refractivity contribution in [2.24, 2.45) is 5.92 Å². The Balaban J connectivity index is 1.89. The van der Waals surface area contributed by atoms with Crippen molar-refractivity contribution in [2.75, 3.05) is 23.7 Å². The van der Waals surface area contributed by atoms with Crippen LogP contribution in [0.25, 0.3) is 10.9 Å². The van der Waals surface area contributed by atoms with Gasteiger partial charge in [0.25, 0.3) is 5.56 Å². The van der Waals surface area contributed by atoms with E-state index in [0.29, 0.717) is 28.5 Å². The molecular formula is C15H20N4O2. The molecule has 4 N–H and O–H groups in total. The smallest absolute Gasteiger partial charge is 0.260 e. The van der Waals surface area contributed by atoms with Crippen LogP contribution in [0, 0.1) is 5.92 Å². The molecule has 112 valence electrons. The number of hydrogen-bond donors (Lipinski definition) is 3. The van der Waals surface area contributed by atoms with Crippen molar-refractivity contribution in [3.8, 4) is 0 Å². The maximum atomic E-state index is 12.1. The molecule has 1 aliphatic rings. The molecule has 2 heterocycles. The van der Waals surface area contributed by atoms with Crippen LogP contribution in [0.3, 0.4) is 0 Å². The van der Waals surface area contributed by atoms with Gasteiger partial charge < -0.3 is 15.7 Å². The number of benzene rings is 1. The number of hydrogen-bond acceptors (Lipinski definition) is 5. The number of piperidine rings is 1. The highest BCUT2D eigenvalue weighted by Gasteiger charge is 2.24. The zero-order valence-electron chi connectivity index (χ0n) is 12.0. The summed E-state index contributed by atoms with van der Waals surface area (Å²) in [5.74, 6) is 0.926. The van der Waals surface area contributed by atoms with E-state index in [1.807, 2.05) is 6.92 Å². The second kappa shape index (κ2) is 5.37. The maximum absolute atomic E-state index is 12.1. The predicted molar refractivity (Wildman–Crippen MR) is 83.4 cm³/mol. The van der Waals surface area contributed by atoms with E-state index >= 15 is 0 Å². The fourth-order valence-corrected chi connectivity index (χ4v) is 2.89. The molecule has 0 saturated carbocycles. The Morgan fingerprint density at radius 2 is 2.14 bits per heavy atom. The monoisotopic (exact) mass is 288 g/mol. The van der Waals surface area contributed by atoms with Crippen molar-refractivity contribution >= 4 is 22.5 Å². The summed E-state index contributed by atoms with van der Waals surface area (Å²) in [6.07, 6.45) is 1.53. The molecule has 0 radical (unpaired) electrons. The zero-order chi connectivity index (χ0) is 15.0. The minimum absolute atomic E-state index is 0.167. The first kappa shape index (κ1) is 13.9. The van der Waals surface area contributed by atoms with Crippen LogP contribution in [-0.2, 0) is 0 Å². The molecule has 1 atom stereocenters. The minimum Gasteiger partial charge on any atom is -0.399 e. The SMILES string of the molecule is CC(O)C1CCN(c2nc3ccc(N)cc3c(=O)[nH]2)CC1. The molecule has 1 unspecified atom stereocenters. The first-order valence-corrected chi connectivity index (χ1v) is 7.27. The summed E-state index contributed by atoms with van der Waals surface area (Å²) in [6, 6.07) is 5.16. The number of aliphatic hydroxyl groups excluding tert-OH is 1. The molecule has 2 aromatic rings. The van der Waals surface area contributed by atoms with E-state index < -0.39 is 0 Å². The number of nitrogens with one attached hydrogen (secondary N) is 1. The van der Waals surface area contributed by atoms with Crippen LogP contribution < -0.4 is 16.2 Å². The number of nitrogens with zero attached hydrogens (tertiary/aromatic N) is 2. The molecule has 1 aliphatic heterocycles. The highest BCUT2D eigenvalue weighted by molar-refractivity contribution is 5.81. The lowest BCUT2D eigenvalue weighted by atomic mass is 9.92. The van der Waals surface area contributed by atoms with Gasteiger partial charge in [-0.1, -0.05) is 0 Å². The number of rotatable bonds is 2. The number of nitrogen functional groups attached to an aromatic ring is 1. The maximum Gasteiger partial charge on any atom is 0.260 e. The molecule has 3 rings (SSSR count). The van der Waals surface area contributed by atoms with E-state index in [1.165, 1.54) is 0 Å². The van der Waals surface area contributed by atoms with Gasteiger partial charge in [0.15, 0.2) is 0 Å². The lowest BCUT2D eigenvalue weighted by Crippen LogP contribution is -2.38. The summed E-state index contributed by atoms with van der Waals surface area (Å²) in [5, 5.41) is 10.2. The Morgan fingerprint density at radius 1 is 1.43 bits per heavy atom. The number of fused-ring (bicyclic) bond motifs is 1. The van der Waals surface area contributed by atoms with Crippen LogP contribution in [0.15, 0.2) is 23.0 Å². The van der Waals surface area contributed by atoms with E-state index in [4.69, 9.17) is 5.73 Å². The Labute approximate surface area is 122 Å². The van der Waals surface area contributed by atoms with E-state index in [1.54, 1.807) is 18.2 Å². The predicted octanol–water partition coefficient (Wildman–Crippen LogP) is 1.10. The summed E-state index contributed by atoms with van der Waals surface area (Å²) >= 11 is 0. The van der Waals surface area contributed by atoms with Crippen molar-refractivity contribution in [1.82, 2.24) is 9.97 Å². The number of aromatic amines is 1. The van der Waals surface area contributed by atoms with Crippen LogP contribution in [0.4, 0.5) is 11.6 Å². The Morgan fingerprint density at radius 3 is 2.81 bits per heavy atom. The van der Waals surface area contributed by atoms with Gasteiger partial charge >= 0.3 is 0 Å². The lowest BCUT2D eigenvalue weighted by molar-refractivity contribution is 0.109. The van der Waals surface area contributed by atoms with Crippen LogP contribution >= 0.6 is 0 Å². The fourth-order valence-electron chi connectivity index (χ4n) is 2.89. The molecule has 0 spiro atoms. The Kier molecular flexibility index (Phi) is 3.55. The molecule has 1 fully saturated rings. The number of nitrogens with two attached hydrogens (primary N) is 1. The van der Waals surface area contributed by atoms with E-state index in [0.717, 1.165) is 25.9 Å². The summed E-state index contributed by atoms with van der Waals surface area (Å²) in [6.45, 7) is 3.42. The average Bonchev–Trinajstić information content (AvgIpc) is 2.48. The summed E-state index contributed by atoms with van der Waals surface area (Å²) in [7, 11) is 0. The fraction of sp³-hybridized carbons (Fsp3) is 0.467. The molecule has 1 saturated heterocycles. The molecular weight excluding hydrogens is 268 g/mol. The lowest BCUT2D eigenvalue weighted by Gasteiger charge is -2.33. The normalized spacial score (nSPS) is 18.1. The Hall–Kier alpha value is -2.08. The quantitative estimate of drug-likeness (QED) is 0.719. The first-order valence-electron chi connectivity index (χ1n) is 7.27. The van der Waals surface area contributed by atoms with Crippen molar-refractivity contribution in [1.29, 1.82) is 0 Å². The summed E-state index contributed by atoms with van der Waals surface area (Å²) in [4.78, 5) is 21.6. The van der Waals surface area contributed by atoms with Gasteiger partial charge in [-0.3, -0.25) is 9.78 Å². The highest BCUT2D eigenvalue weighted by Crippen LogP contribution is 2.23. The van der Waals surface area contributed by atoms with Crippen LogP contribution in [0.2, 0.25) is 0 Å². The van der Waals surface area contributed by atoms with Gasteiger partial charge in [-0.15, -0.1) is 0 Å². The molecule has 6 nitrogen and oxygen atoms in total. The van der Waals surface area contributed by atoms with Gasteiger partial charge in [-0.25, -0.2) is 4.98 Å². The minimum atomic E-state index is -0.279. The average molecular weight is 288 g/mol. The number of H-pyrrole nitrogens is 1. The number of aromatic nitrogens is 2. The molecule has 1 aromatic heterocycles. The van der Waals surface area contributed by atoms with Crippen LogP contribution in [0.5, 0.6) is 0 Å². The molecule has 0 aliphatic carbocycles. The summed E-state index contributed by atoms with van der Waals surface area (Å²) < 4.78 is 0. The topological polar surface area (TPSA) is 95.2 Å². The molecule has 1 aromatic carbocycles. The largest absolute Gasteiger partial charge is 0.399 e. The van der Waals surface area contributed by atoms with Gasteiger partial charge in [0.1, 0.15) is 0 Å². The van der Waals surface area contributed by atoms with Crippen LogP contribution in [0.1, 0.15) is 19.8 Å². The van der Waals surface area contributed by atoms with Crippen molar-refractivity contribution in [3.05, 3.63) is 28.6 Å². The van der Waals surface area contributed by atoms with E-state index in [2.05, 4.69) is 14.9 Å². The second-order valence-corrected chi connectivity index (χ2v) is 5.73. The molecule has 21 heavy (non-hydrogen) atoms. The zero-order valence-corrected chi connectivity index (χ0v) is 12.0. The van der Waals surface area contributed by atoms with E-state index in [-0.39, 0.29) is 11.7 Å². The number of anilines is 2. The second-order valence-electron chi connectivity index (χ2n) is 5.73. The van der Waals surface area contributed by atoms with Gasteiger partial charge in [-0.2, -0.15) is 0 Å². The van der Waals surface area contributed by atoms with Gasteiger partial charge in [-0.05, 0) is 43.9 Å². The third-order valence-corrected chi connectivity index (χ3v) is 4.24. The Bertz CT molecular complexity index is 702. The summed E-state index contributed by atoms with van der Waals surface area (Å²) in [5.41, 5.74) is 6.74. The van der Waals surface area contributed by atoms with Crippen molar-refractivity contribution < 1.29 is 5.11 Å². The van der Waals surface area contributed by atoms with Crippen LogP contribution in [-0.4, -0.2) is 34.3 Å². The molecule has 0 amide bonds. The van der Waals surface area contributed by atoms with Gasteiger partial charge in [0, 0.05) is 18.8 Å². The molecule has 0 bridgehead atoms. The first-order chi connectivity index (χ1) is 10.0. The van der Waals surface area contributed by atoms with Crippen molar-refractivity contribution in [3.63, 3.8) is 0 Å².